The smallest absolute Gasteiger partial charge is 0.271 e. The highest BCUT2D eigenvalue weighted by Crippen LogP contribution is 2.39. The predicted octanol–water partition coefficient (Wildman–Crippen LogP) is 1.81. The Bertz CT molecular complexity index is 791. The summed E-state index contributed by atoms with van der Waals surface area (Å²) in [7, 11) is 0. The fourth-order valence-electron chi connectivity index (χ4n) is 4.23. The Morgan fingerprint density at radius 3 is 2.75 bits per heavy atom. The highest BCUT2D eigenvalue weighted by Gasteiger charge is 2.40. The van der Waals surface area contributed by atoms with Crippen LogP contribution < -0.4 is 16.6 Å². The van der Waals surface area contributed by atoms with Gasteiger partial charge in [-0.3, -0.25) is 14.0 Å². The van der Waals surface area contributed by atoms with Crippen LogP contribution in [0.3, 0.4) is 0 Å². The van der Waals surface area contributed by atoms with Crippen LogP contribution in [0.4, 0.5) is 0 Å². The molecule has 2 fully saturated rings. The summed E-state index contributed by atoms with van der Waals surface area (Å²) in [4.78, 5) is 29.8. The Morgan fingerprint density at radius 2 is 2.04 bits per heavy atom. The molecule has 0 saturated heterocycles. The van der Waals surface area contributed by atoms with E-state index < -0.39 is 0 Å². The zero-order valence-electron chi connectivity index (χ0n) is 13.2. The Labute approximate surface area is 149 Å². The maximum absolute atomic E-state index is 12.6. The van der Waals surface area contributed by atoms with Crippen LogP contribution in [0.1, 0.15) is 42.5 Å². The Kier molecular flexibility index (Phi) is 4.94. The zero-order chi connectivity index (χ0) is 16.0. The van der Waals surface area contributed by atoms with Crippen molar-refractivity contribution in [2.45, 2.75) is 44.2 Å². The second kappa shape index (κ2) is 6.82. The van der Waals surface area contributed by atoms with Crippen molar-refractivity contribution in [2.24, 2.45) is 17.6 Å². The average molecular weight is 369 g/mol. The molecule has 2 aromatic rings. The van der Waals surface area contributed by atoms with Gasteiger partial charge in [-0.2, -0.15) is 0 Å². The van der Waals surface area contributed by atoms with Crippen LogP contribution in [0.25, 0.3) is 4.96 Å². The van der Waals surface area contributed by atoms with Gasteiger partial charge in [-0.15, -0.1) is 23.7 Å². The van der Waals surface area contributed by atoms with E-state index in [0.717, 1.165) is 25.7 Å². The topological polar surface area (TPSA) is 89.5 Å². The lowest BCUT2D eigenvalue weighted by atomic mass is 9.67. The predicted molar refractivity (Wildman–Crippen MR) is 95.9 cm³/mol. The molecule has 4 rings (SSSR count). The summed E-state index contributed by atoms with van der Waals surface area (Å²) in [6.07, 6.45) is 8.39. The van der Waals surface area contributed by atoms with Gasteiger partial charge in [0.25, 0.3) is 11.5 Å². The highest BCUT2D eigenvalue weighted by atomic mass is 35.5. The minimum absolute atomic E-state index is 0. The van der Waals surface area contributed by atoms with Crippen molar-refractivity contribution in [1.82, 2.24) is 14.7 Å². The molecule has 2 unspecified atom stereocenters. The van der Waals surface area contributed by atoms with Crippen molar-refractivity contribution < 1.29 is 4.79 Å². The minimum Gasteiger partial charge on any atom is -0.349 e. The number of amides is 1. The molecule has 8 heteroatoms. The van der Waals surface area contributed by atoms with Crippen molar-refractivity contribution in [3.63, 3.8) is 0 Å². The first-order valence-electron chi connectivity index (χ1n) is 8.15. The van der Waals surface area contributed by atoms with Crippen LogP contribution in [0.15, 0.2) is 22.6 Å². The van der Waals surface area contributed by atoms with Gasteiger partial charge in [-0.05, 0) is 37.5 Å². The van der Waals surface area contributed by atoms with Gasteiger partial charge in [0.05, 0.1) is 0 Å². The molecule has 2 aliphatic carbocycles. The van der Waals surface area contributed by atoms with Crippen molar-refractivity contribution in [3.05, 3.63) is 33.7 Å². The SMILES string of the molecule is Cl.NC1CC2CCCC(C1)C2NC(=O)c1cnc2sccn2c1=O. The van der Waals surface area contributed by atoms with Gasteiger partial charge in [-0.1, -0.05) is 6.42 Å². The summed E-state index contributed by atoms with van der Waals surface area (Å²) < 4.78 is 1.43. The molecule has 2 aliphatic rings. The van der Waals surface area contributed by atoms with Crippen molar-refractivity contribution in [3.8, 4) is 0 Å². The van der Waals surface area contributed by atoms with Gasteiger partial charge in [0.1, 0.15) is 5.56 Å². The number of halogens is 1. The molecule has 2 heterocycles. The maximum atomic E-state index is 12.6. The van der Waals surface area contributed by atoms with Crippen LogP contribution in [0.5, 0.6) is 0 Å². The molecule has 2 saturated carbocycles. The summed E-state index contributed by atoms with van der Waals surface area (Å²) in [5.74, 6) is 0.560. The van der Waals surface area contributed by atoms with E-state index in [1.807, 2.05) is 0 Å². The lowest BCUT2D eigenvalue weighted by molar-refractivity contribution is 0.0754. The summed E-state index contributed by atoms with van der Waals surface area (Å²) in [6, 6.07) is 0.381. The van der Waals surface area contributed by atoms with E-state index in [0.29, 0.717) is 16.8 Å². The van der Waals surface area contributed by atoms with Crippen molar-refractivity contribution in [2.75, 3.05) is 0 Å². The number of aromatic nitrogens is 2. The van der Waals surface area contributed by atoms with E-state index in [2.05, 4.69) is 10.3 Å². The van der Waals surface area contributed by atoms with E-state index in [-0.39, 0.29) is 41.5 Å². The monoisotopic (exact) mass is 368 g/mol. The molecule has 24 heavy (non-hydrogen) atoms. The van der Waals surface area contributed by atoms with Crippen LogP contribution in [0.2, 0.25) is 0 Å². The van der Waals surface area contributed by atoms with Crippen molar-refractivity contribution >= 4 is 34.6 Å². The molecule has 0 aliphatic heterocycles. The molecule has 130 valence electrons. The van der Waals surface area contributed by atoms with Gasteiger partial charge in [-0.25, -0.2) is 4.98 Å². The van der Waals surface area contributed by atoms with Gasteiger partial charge >= 0.3 is 0 Å². The molecule has 0 spiro atoms. The summed E-state index contributed by atoms with van der Waals surface area (Å²) in [5, 5.41) is 4.90. The number of carbonyl (C=O) groups excluding carboxylic acids is 1. The summed E-state index contributed by atoms with van der Waals surface area (Å²) >= 11 is 1.38. The first-order chi connectivity index (χ1) is 11.1. The molecule has 3 N–H and O–H groups in total. The molecular formula is C16H21ClN4O2S. The molecule has 2 aromatic heterocycles. The number of nitrogens with two attached hydrogens (primary N) is 1. The van der Waals surface area contributed by atoms with Crippen LogP contribution in [-0.2, 0) is 0 Å². The van der Waals surface area contributed by atoms with Crippen LogP contribution >= 0.6 is 23.7 Å². The molecular weight excluding hydrogens is 348 g/mol. The Morgan fingerprint density at radius 1 is 1.33 bits per heavy atom. The third-order valence-electron chi connectivity index (χ3n) is 5.26. The van der Waals surface area contributed by atoms with Gasteiger partial charge in [0.2, 0.25) is 0 Å². The normalized spacial score (nSPS) is 29.0. The molecule has 6 nitrogen and oxygen atoms in total. The van der Waals surface area contributed by atoms with Gasteiger partial charge in [0, 0.05) is 29.9 Å². The number of hydrogen-bond acceptors (Lipinski definition) is 5. The quantitative estimate of drug-likeness (QED) is 0.846. The third kappa shape index (κ3) is 2.96. The molecule has 0 radical (unpaired) electrons. The first-order valence-corrected chi connectivity index (χ1v) is 9.03. The second-order valence-electron chi connectivity index (χ2n) is 6.71. The van der Waals surface area contributed by atoms with E-state index in [1.165, 1.54) is 28.4 Å². The molecule has 2 atom stereocenters. The fraction of sp³-hybridized carbons (Fsp3) is 0.562. The first kappa shape index (κ1) is 17.4. The molecule has 2 bridgehead atoms. The lowest BCUT2D eigenvalue weighted by Gasteiger charge is -2.45. The van der Waals surface area contributed by atoms with Crippen molar-refractivity contribution in [1.29, 1.82) is 0 Å². The van der Waals surface area contributed by atoms with Gasteiger partial charge in [0.15, 0.2) is 4.96 Å². The summed E-state index contributed by atoms with van der Waals surface area (Å²) in [5.41, 5.74) is 5.95. The number of hydrogen-bond donors (Lipinski definition) is 2. The number of thiazole rings is 1. The van der Waals surface area contributed by atoms with E-state index >= 15 is 0 Å². The molecule has 1 amide bonds. The number of nitrogens with one attached hydrogen (secondary N) is 1. The number of nitrogens with zero attached hydrogens (tertiary/aromatic N) is 2. The lowest BCUT2D eigenvalue weighted by Crippen LogP contribution is -2.54. The highest BCUT2D eigenvalue weighted by molar-refractivity contribution is 7.15. The number of rotatable bonds is 2. The number of carbonyl (C=O) groups is 1. The molecule has 0 aromatic carbocycles. The Balaban J connectivity index is 0.00000169. The van der Waals surface area contributed by atoms with E-state index in [4.69, 9.17) is 5.73 Å². The largest absolute Gasteiger partial charge is 0.349 e. The maximum Gasteiger partial charge on any atom is 0.271 e. The second-order valence-corrected chi connectivity index (χ2v) is 7.59. The van der Waals surface area contributed by atoms with Gasteiger partial charge < -0.3 is 11.1 Å². The third-order valence-corrected chi connectivity index (χ3v) is 6.03. The fourth-order valence-corrected chi connectivity index (χ4v) is 4.91. The standard InChI is InChI=1S/C16H20N4O2S.ClH/c17-11-6-9-2-1-3-10(7-11)13(9)19-14(21)12-8-18-16-20(15(12)22)4-5-23-16;/h4-5,8-11,13H,1-3,6-7,17H2,(H,19,21);1H. The van der Waals surface area contributed by atoms with Crippen LogP contribution in [-0.4, -0.2) is 27.4 Å². The zero-order valence-corrected chi connectivity index (χ0v) is 14.8. The minimum atomic E-state index is -0.305. The summed E-state index contributed by atoms with van der Waals surface area (Å²) in [6.45, 7) is 0. The average Bonchev–Trinajstić information content (AvgIpc) is 2.98. The van der Waals surface area contributed by atoms with E-state index in [9.17, 15) is 9.59 Å². The van der Waals surface area contributed by atoms with E-state index in [1.54, 1.807) is 11.6 Å². The van der Waals surface area contributed by atoms with Crippen LogP contribution in [0, 0.1) is 11.8 Å². The Hall–Kier alpha value is -1.44. The number of fused-ring (bicyclic) bond motifs is 3.